The van der Waals surface area contributed by atoms with Gasteiger partial charge in [0.2, 0.25) is 0 Å². The Morgan fingerprint density at radius 3 is 2.55 bits per heavy atom. The van der Waals surface area contributed by atoms with Crippen molar-refractivity contribution in [2.45, 2.75) is 31.7 Å². The van der Waals surface area contributed by atoms with Gasteiger partial charge in [-0.15, -0.1) is 0 Å². The Hall–Kier alpha value is -2.90. The summed E-state index contributed by atoms with van der Waals surface area (Å²) in [5.74, 6) is -0.0469. The van der Waals surface area contributed by atoms with E-state index in [0.717, 1.165) is 29.7 Å². The lowest BCUT2D eigenvalue weighted by atomic mass is 9.72. The summed E-state index contributed by atoms with van der Waals surface area (Å²) in [4.78, 5) is 35.3. The largest absolute Gasteiger partial charge is 0.332 e. The van der Waals surface area contributed by atoms with Crippen molar-refractivity contribution in [2.75, 3.05) is 33.7 Å². The number of hydrogen-bond acceptors (Lipinski definition) is 4. The van der Waals surface area contributed by atoms with Crippen molar-refractivity contribution in [1.82, 2.24) is 29.5 Å². The number of carbonyl (C=O) groups is 2. The zero-order valence-electron chi connectivity index (χ0n) is 17.6. The minimum Gasteiger partial charge on any atom is -0.332 e. The van der Waals surface area contributed by atoms with Crippen LogP contribution in [0.2, 0.25) is 0 Å². The molecule has 1 saturated heterocycles. The van der Waals surface area contributed by atoms with E-state index in [-0.39, 0.29) is 17.4 Å². The van der Waals surface area contributed by atoms with E-state index in [2.05, 4.69) is 4.98 Å². The van der Waals surface area contributed by atoms with Gasteiger partial charge in [0.25, 0.3) is 5.91 Å². The number of aromatic nitrogens is 3. The molecular weight excluding hydrogens is 368 g/mol. The average Bonchev–Trinajstić information content (AvgIpc) is 3.08. The highest BCUT2D eigenvalue weighted by Gasteiger charge is 2.46. The minimum absolute atomic E-state index is 0.0359. The molecule has 1 spiro atoms. The number of aryl methyl sites for hydroxylation is 2. The normalized spacial score (nSPS) is 17.9. The van der Waals surface area contributed by atoms with Gasteiger partial charge in [0.15, 0.2) is 0 Å². The van der Waals surface area contributed by atoms with Gasteiger partial charge in [-0.2, -0.15) is 5.10 Å². The summed E-state index contributed by atoms with van der Waals surface area (Å²) in [6.07, 6.45) is 5.28. The number of carbonyl (C=O) groups excluding carboxylic acids is 2. The fourth-order valence-corrected chi connectivity index (χ4v) is 4.56. The Morgan fingerprint density at radius 1 is 1.17 bits per heavy atom. The molecule has 2 aromatic heterocycles. The third kappa shape index (κ3) is 3.47. The molecule has 0 atom stereocenters. The van der Waals surface area contributed by atoms with E-state index in [1.165, 1.54) is 0 Å². The molecule has 0 bridgehead atoms. The van der Waals surface area contributed by atoms with Crippen molar-refractivity contribution in [3.63, 3.8) is 0 Å². The first-order valence-corrected chi connectivity index (χ1v) is 10.0. The molecule has 4 rings (SSSR count). The summed E-state index contributed by atoms with van der Waals surface area (Å²) in [6, 6.07) is 3.77. The van der Waals surface area contributed by atoms with Gasteiger partial charge < -0.3 is 14.7 Å². The molecule has 3 amide bonds. The molecular formula is C21H28N6O2. The predicted molar refractivity (Wildman–Crippen MR) is 108 cm³/mol. The third-order valence-corrected chi connectivity index (χ3v) is 6.06. The number of amides is 3. The van der Waals surface area contributed by atoms with Crippen LogP contribution >= 0.6 is 0 Å². The van der Waals surface area contributed by atoms with Crippen molar-refractivity contribution in [2.24, 2.45) is 7.05 Å². The Kier molecular flexibility index (Phi) is 4.80. The van der Waals surface area contributed by atoms with Gasteiger partial charge in [0, 0.05) is 70.7 Å². The molecule has 0 aromatic carbocycles. The highest BCUT2D eigenvalue weighted by atomic mass is 16.2. The summed E-state index contributed by atoms with van der Waals surface area (Å²) < 4.78 is 1.84. The number of hydrogen-bond donors (Lipinski definition) is 0. The Bertz CT molecular complexity index is 942. The van der Waals surface area contributed by atoms with Crippen LogP contribution in [0, 0.1) is 6.92 Å². The van der Waals surface area contributed by atoms with E-state index < -0.39 is 0 Å². The molecule has 1 fully saturated rings. The van der Waals surface area contributed by atoms with Crippen molar-refractivity contribution in [1.29, 1.82) is 0 Å². The number of piperidine rings is 1. The molecule has 0 unspecified atom stereocenters. The lowest BCUT2D eigenvalue weighted by Gasteiger charge is -2.46. The quantitative estimate of drug-likeness (QED) is 0.737. The molecule has 0 N–H and O–H groups in total. The fraction of sp³-hybridized carbons (Fsp3) is 0.524. The zero-order chi connectivity index (χ0) is 20.8. The average molecular weight is 396 g/mol. The van der Waals surface area contributed by atoms with Crippen LogP contribution in [0.25, 0.3) is 0 Å². The van der Waals surface area contributed by atoms with Crippen LogP contribution in [-0.4, -0.2) is 75.1 Å². The van der Waals surface area contributed by atoms with Gasteiger partial charge in [-0.05, 0) is 37.5 Å². The van der Waals surface area contributed by atoms with E-state index in [0.29, 0.717) is 31.9 Å². The predicted octanol–water partition coefficient (Wildman–Crippen LogP) is 1.79. The molecule has 2 aromatic rings. The van der Waals surface area contributed by atoms with E-state index in [9.17, 15) is 9.59 Å². The minimum atomic E-state index is -0.225. The van der Waals surface area contributed by atoms with Gasteiger partial charge in [0.05, 0.1) is 5.69 Å². The fourth-order valence-electron chi connectivity index (χ4n) is 4.56. The number of nitrogens with zero attached hydrogens (tertiary/aromatic N) is 6. The number of urea groups is 1. The highest BCUT2D eigenvalue weighted by molar-refractivity contribution is 5.92. The van der Waals surface area contributed by atoms with Crippen LogP contribution in [0.4, 0.5) is 4.79 Å². The first kappa shape index (κ1) is 19.4. The summed E-state index contributed by atoms with van der Waals surface area (Å²) in [7, 11) is 5.48. The van der Waals surface area contributed by atoms with Gasteiger partial charge in [-0.1, -0.05) is 0 Å². The van der Waals surface area contributed by atoms with Crippen molar-refractivity contribution < 1.29 is 9.59 Å². The Balaban J connectivity index is 1.62. The molecule has 4 heterocycles. The second kappa shape index (κ2) is 7.17. The van der Waals surface area contributed by atoms with Crippen LogP contribution in [0.3, 0.4) is 0 Å². The van der Waals surface area contributed by atoms with Crippen LogP contribution < -0.4 is 0 Å². The molecule has 29 heavy (non-hydrogen) atoms. The van der Waals surface area contributed by atoms with Crippen molar-refractivity contribution in [3.05, 3.63) is 47.0 Å². The van der Waals surface area contributed by atoms with Crippen molar-refractivity contribution in [3.8, 4) is 0 Å². The van der Waals surface area contributed by atoms with Crippen LogP contribution in [0.5, 0.6) is 0 Å². The smallest absolute Gasteiger partial charge is 0.319 e. The summed E-state index contributed by atoms with van der Waals surface area (Å²) in [5, 5.41) is 4.76. The SMILES string of the molecule is Cc1ccnc(C(=O)N2Cc3cn(C)nc3C3(CCN(C(=O)N(C)C)CC3)C2)c1. The molecule has 0 radical (unpaired) electrons. The second-order valence-corrected chi connectivity index (χ2v) is 8.50. The molecule has 8 nitrogen and oxygen atoms in total. The molecule has 0 aliphatic carbocycles. The summed E-state index contributed by atoms with van der Waals surface area (Å²) in [5.41, 5.74) is 3.45. The number of likely N-dealkylation sites (tertiary alicyclic amines) is 1. The first-order chi connectivity index (χ1) is 13.8. The zero-order valence-corrected chi connectivity index (χ0v) is 17.6. The molecule has 0 saturated carbocycles. The highest BCUT2D eigenvalue weighted by Crippen LogP contribution is 2.41. The van der Waals surface area contributed by atoms with Crippen molar-refractivity contribution >= 4 is 11.9 Å². The van der Waals surface area contributed by atoms with Gasteiger partial charge >= 0.3 is 6.03 Å². The number of rotatable bonds is 1. The molecule has 2 aliphatic heterocycles. The van der Waals surface area contributed by atoms with Crippen LogP contribution in [0.1, 0.15) is 40.2 Å². The molecule has 2 aliphatic rings. The van der Waals surface area contributed by atoms with E-state index >= 15 is 0 Å². The Morgan fingerprint density at radius 2 is 1.90 bits per heavy atom. The second-order valence-electron chi connectivity index (χ2n) is 8.50. The lowest BCUT2D eigenvalue weighted by Crippen LogP contribution is -2.55. The Labute approximate surface area is 171 Å². The first-order valence-electron chi connectivity index (χ1n) is 10.0. The van der Waals surface area contributed by atoms with Gasteiger partial charge in [-0.3, -0.25) is 14.5 Å². The standard InChI is InChI=1S/C21H28N6O2/c1-15-5-8-22-17(11-15)19(28)27-13-16-12-25(4)23-18(16)21(14-27)6-9-26(10-7-21)20(29)24(2)3/h5,8,11-12H,6-7,9-10,13-14H2,1-4H3. The summed E-state index contributed by atoms with van der Waals surface area (Å²) in [6.45, 7) is 4.44. The van der Waals surface area contributed by atoms with E-state index in [1.807, 2.05) is 46.8 Å². The van der Waals surface area contributed by atoms with Gasteiger partial charge in [0.1, 0.15) is 5.69 Å². The maximum atomic E-state index is 13.2. The molecule has 8 heteroatoms. The maximum Gasteiger partial charge on any atom is 0.319 e. The monoisotopic (exact) mass is 396 g/mol. The number of pyridine rings is 1. The third-order valence-electron chi connectivity index (χ3n) is 6.06. The number of fused-ring (bicyclic) bond motifs is 2. The van der Waals surface area contributed by atoms with Gasteiger partial charge in [-0.25, -0.2) is 4.79 Å². The molecule has 154 valence electrons. The lowest BCUT2D eigenvalue weighted by molar-refractivity contribution is 0.0578. The topological polar surface area (TPSA) is 74.6 Å². The van der Waals surface area contributed by atoms with E-state index in [1.54, 1.807) is 25.2 Å². The summed E-state index contributed by atoms with van der Waals surface area (Å²) >= 11 is 0. The van der Waals surface area contributed by atoms with Crippen LogP contribution in [0.15, 0.2) is 24.5 Å². The van der Waals surface area contributed by atoms with E-state index in [4.69, 9.17) is 5.10 Å². The van der Waals surface area contributed by atoms with Crippen LogP contribution in [-0.2, 0) is 19.0 Å². The maximum absolute atomic E-state index is 13.2.